The van der Waals surface area contributed by atoms with Crippen LogP contribution in [0.3, 0.4) is 0 Å². The first-order valence-corrected chi connectivity index (χ1v) is 6.21. The monoisotopic (exact) mass is 289 g/mol. The molecule has 1 aromatic rings. The first kappa shape index (κ1) is 16.5. The van der Waals surface area contributed by atoms with E-state index < -0.39 is 23.2 Å². The van der Waals surface area contributed by atoms with Gasteiger partial charge in [0.25, 0.3) is 0 Å². The van der Waals surface area contributed by atoms with Crippen molar-refractivity contribution in [1.29, 1.82) is 0 Å². The fourth-order valence-corrected chi connectivity index (χ4v) is 2.23. The summed E-state index contributed by atoms with van der Waals surface area (Å²) in [6.07, 6.45) is -4.17. The van der Waals surface area contributed by atoms with E-state index in [4.69, 9.17) is 10.8 Å². The Morgan fingerprint density at radius 3 is 2.40 bits per heavy atom. The van der Waals surface area contributed by atoms with Crippen molar-refractivity contribution in [3.05, 3.63) is 35.4 Å². The average Bonchev–Trinajstić information content (AvgIpc) is 2.26. The zero-order valence-electron chi connectivity index (χ0n) is 11.4. The number of benzene rings is 1. The summed E-state index contributed by atoms with van der Waals surface area (Å²) in [7, 11) is 0. The van der Waals surface area contributed by atoms with Crippen LogP contribution in [0.4, 0.5) is 13.2 Å². The number of carbonyl (C=O) groups is 1. The van der Waals surface area contributed by atoms with Gasteiger partial charge in [-0.3, -0.25) is 4.79 Å². The van der Waals surface area contributed by atoms with Crippen molar-refractivity contribution >= 4 is 5.97 Å². The van der Waals surface area contributed by atoms with Crippen molar-refractivity contribution in [2.45, 2.75) is 38.4 Å². The SMILES string of the molecule is CC(Cc1ccccc1C(F)(F)F)CC(C)(N)C(=O)O. The quantitative estimate of drug-likeness (QED) is 0.875. The van der Waals surface area contributed by atoms with Crippen LogP contribution in [0.5, 0.6) is 0 Å². The maximum absolute atomic E-state index is 12.8. The molecule has 0 spiro atoms. The zero-order valence-corrected chi connectivity index (χ0v) is 11.4. The smallest absolute Gasteiger partial charge is 0.416 e. The molecule has 0 aliphatic heterocycles. The summed E-state index contributed by atoms with van der Waals surface area (Å²) in [5, 5.41) is 8.94. The van der Waals surface area contributed by atoms with Gasteiger partial charge in [0.1, 0.15) is 5.54 Å². The molecule has 2 unspecified atom stereocenters. The first-order chi connectivity index (χ1) is 9.04. The highest BCUT2D eigenvalue weighted by atomic mass is 19.4. The molecule has 0 saturated heterocycles. The maximum atomic E-state index is 12.8. The number of alkyl halides is 3. The van der Waals surface area contributed by atoms with E-state index in [1.807, 2.05) is 0 Å². The van der Waals surface area contributed by atoms with E-state index in [0.29, 0.717) is 0 Å². The second kappa shape index (κ2) is 5.83. The Labute approximate surface area is 115 Å². The van der Waals surface area contributed by atoms with Gasteiger partial charge in [-0.05, 0) is 37.3 Å². The van der Waals surface area contributed by atoms with Crippen LogP contribution in [0.15, 0.2) is 24.3 Å². The predicted octanol–water partition coefficient (Wildman–Crippen LogP) is 3.08. The molecule has 1 rings (SSSR count). The molecule has 112 valence electrons. The number of aliphatic carboxylic acids is 1. The Balaban J connectivity index is 2.87. The molecule has 0 heterocycles. The molecule has 3 nitrogen and oxygen atoms in total. The van der Waals surface area contributed by atoms with Gasteiger partial charge in [0.15, 0.2) is 0 Å². The van der Waals surface area contributed by atoms with Crippen LogP contribution in [0.2, 0.25) is 0 Å². The van der Waals surface area contributed by atoms with E-state index in [1.165, 1.54) is 25.1 Å². The lowest BCUT2D eigenvalue weighted by atomic mass is 9.86. The van der Waals surface area contributed by atoms with Crippen molar-refractivity contribution < 1.29 is 23.1 Å². The van der Waals surface area contributed by atoms with Crippen LogP contribution in [0.25, 0.3) is 0 Å². The van der Waals surface area contributed by atoms with Crippen molar-refractivity contribution in [2.24, 2.45) is 11.7 Å². The largest absolute Gasteiger partial charge is 0.480 e. The molecule has 6 heteroatoms. The second-order valence-corrected chi connectivity index (χ2v) is 5.39. The van der Waals surface area contributed by atoms with Gasteiger partial charge in [0, 0.05) is 0 Å². The molecular formula is C14H18F3NO2. The lowest BCUT2D eigenvalue weighted by Gasteiger charge is -2.24. The standard InChI is InChI=1S/C14H18F3NO2/c1-9(8-13(2,18)12(19)20)7-10-5-3-4-6-11(10)14(15,16)17/h3-6,9H,7-8,18H2,1-2H3,(H,19,20). The molecule has 0 fully saturated rings. The Morgan fingerprint density at radius 1 is 1.35 bits per heavy atom. The van der Waals surface area contributed by atoms with Gasteiger partial charge in [0.05, 0.1) is 5.56 Å². The van der Waals surface area contributed by atoms with E-state index in [0.717, 1.165) is 6.07 Å². The fraction of sp³-hybridized carbons (Fsp3) is 0.500. The van der Waals surface area contributed by atoms with Crippen LogP contribution in [-0.2, 0) is 17.4 Å². The maximum Gasteiger partial charge on any atom is 0.416 e. The van der Waals surface area contributed by atoms with Gasteiger partial charge in [-0.2, -0.15) is 13.2 Å². The Hall–Kier alpha value is -1.56. The highest BCUT2D eigenvalue weighted by molar-refractivity contribution is 5.77. The van der Waals surface area contributed by atoms with Crippen LogP contribution in [-0.4, -0.2) is 16.6 Å². The third kappa shape index (κ3) is 4.23. The summed E-state index contributed by atoms with van der Waals surface area (Å²) in [5.74, 6) is -1.43. The van der Waals surface area contributed by atoms with Crippen LogP contribution < -0.4 is 5.73 Å². The van der Waals surface area contributed by atoms with Crippen LogP contribution in [0.1, 0.15) is 31.4 Å². The molecular weight excluding hydrogens is 271 g/mol. The molecule has 0 aromatic heterocycles. The number of nitrogens with two attached hydrogens (primary N) is 1. The van der Waals surface area contributed by atoms with Crippen LogP contribution >= 0.6 is 0 Å². The number of hydrogen-bond donors (Lipinski definition) is 2. The molecule has 3 N–H and O–H groups in total. The molecule has 2 atom stereocenters. The number of hydrogen-bond acceptors (Lipinski definition) is 2. The zero-order chi connectivity index (χ0) is 15.6. The average molecular weight is 289 g/mol. The number of halogens is 3. The van der Waals surface area contributed by atoms with Gasteiger partial charge in [-0.15, -0.1) is 0 Å². The van der Waals surface area contributed by atoms with E-state index in [9.17, 15) is 18.0 Å². The summed E-state index contributed by atoms with van der Waals surface area (Å²) < 4.78 is 38.5. The normalized spacial score (nSPS) is 16.5. The minimum Gasteiger partial charge on any atom is -0.480 e. The van der Waals surface area contributed by atoms with Gasteiger partial charge >= 0.3 is 12.1 Å². The Morgan fingerprint density at radius 2 is 1.90 bits per heavy atom. The lowest BCUT2D eigenvalue weighted by molar-refractivity contribution is -0.143. The molecule has 0 aliphatic carbocycles. The minimum atomic E-state index is -4.41. The fourth-order valence-electron chi connectivity index (χ4n) is 2.23. The van der Waals surface area contributed by atoms with Crippen LogP contribution in [0, 0.1) is 5.92 Å². The van der Waals surface area contributed by atoms with Gasteiger partial charge in [-0.25, -0.2) is 0 Å². The molecule has 0 amide bonds. The third-order valence-electron chi connectivity index (χ3n) is 3.15. The highest BCUT2D eigenvalue weighted by Gasteiger charge is 2.34. The molecule has 0 bridgehead atoms. The first-order valence-electron chi connectivity index (χ1n) is 6.21. The van der Waals surface area contributed by atoms with Crippen molar-refractivity contribution in [3.8, 4) is 0 Å². The summed E-state index contributed by atoms with van der Waals surface area (Å²) in [6.45, 7) is 3.06. The second-order valence-electron chi connectivity index (χ2n) is 5.39. The lowest BCUT2D eigenvalue weighted by Crippen LogP contribution is -2.46. The summed E-state index contributed by atoms with van der Waals surface area (Å²) >= 11 is 0. The van der Waals surface area contributed by atoms with Gasteiger partial charge in [-0.1, -0.05) is 25.1 Å². The molecule has 0 saturated carbocycles. The van der Waals surface area contributed by atoms with Gasteiger partial charge in [0.2, 0.25) is 0 Å². The summed E-state index contributed by atoms with van der Waals surface area (Å²) in [4.78, 5) is 10.9. The molecule has 0 aliphatic rings. The van der Waals surface area contributed by atoms with E-state index >= 15 is 0 Å². The Bertz CT molecular complexity index is 484. The Kier molecular flexibility index (Phi) is 4.81. The number of carboxylic acid groups (broad SMARTS) is 1. The topological polar surface area (TPSA) is 63.3 Å². The molecule has 20 heavy (non-hydrogen) atoms. The summed E-state index contributed by atoms with van der Waals surface area (Å²) in [5.41, 5.74) is 3.66. The third-order valence-corrected chi connectivity index (χ3v) is 3.15. The van der Waals surface area contributed by atoms with E-state index in [2.05, 4.69) is 0 Å². The van der Waals surface area contributed by atoms with Crippen molar-refractivity contribution in [1.82, 2.24) is 0 Å². The predicted molar refractivity (Wildman–Crippen MR) is 69.2 cm³/mol. The summed E-state index contributed by atoms with van der Waals surface area (Å²) in [6, 6.07) is 5.31. The van der Waals surface area contributed by atoms with E-state index in [1.54, 1.807) is 6.92 Å². The van der Waals surface area contributed by atoms with Crippen molar-refractivity contribution in [3.63, 3.8) is 0 Å². The molecule has 0 radical (unpaired) electrons. The number of carboxylic acids is 1. The van der Waals surface area contributed by atoms with Crippen molar-refractivity contribution in [2.75, 3.05) is 0 Å². The highest BCUT2D eigenvalue weighted by Crippen LogP contribution is 2.33. The number of rotatable bonds is 5. The van der Waals surface area contributed by atoms with E-state index in [-0.39, 0.29) is 24.3 Å². The van der Waals surface area contributed by atoms with Gasteiger partial charge < -0.3 is 10.8 Å². The minimum absolute atomic E-state index is 0.106. The molecule has 1 aromatic carbocycles.